The number of halogens is 1. The molecule has 5 heteroatoms. The predicted molar refractivity (Wildman–Crippen MR) is 19.8 cm³/mol. The number of nitrogens with two attached hydrogens (primary N) is 2. The average molecular weight is 114 g/mol. The first-order chi connectivity index (χ1) is 1.73. The number of urea groups is 1. The Balaban J connectivity index is -0.0000000450. The van der Waals surface area contributed by atoms with Crippen molar-refractivity contribution in [2.75, 3.05) is 0 Å². The highest BCUT2D eigenvalue weighted by Gasteiger charge is 1.60. The van der Waals surface area contributed by atoms with Crippen molar-refractivity contribution >= 4 is 6.03 Å². The fourth-order valence-corrected chi connectivity index (χ4v) is 0. The van der Waals surface area contributed by atoms with Gasteiger partial charge in [0.05, 0.1) is 0 Å². The molecule has 6 heavy (non-hydrogen) atoms. The minimum absolute atomic E-state index is 0. The van der Waals surface area contributed by atoms with Crippen molar-refractivity contribution in [3.05, 3.63) is 0 Å². The van der Waals surface area contributed by atoms with Crippen LogP contribution in [0.25, 0.3) is 0 Å². The van der Waals surface area contributed by atoms with Crippen LogP contribution in [0, 0.1) is 0 Å². The van der Waals surface area contributed by atoms with E-state index >= 15 is 0 Å². The lowest BCUT2D eigenvalue weighted by Crippen LogP contribution is -3.00. The molecule has 0 spiro atoms. The number of hydrogen-bond acceptors (Lipinski definition) is 1. The van der Waals surface area contributed by atoms with E-state index in [1.54, 1.807) is 0 Å². The number of hydrogen-bond donors (Lipinski definition) is 3. The van der Waals surface area contributed by atoms with Crippen LogP contribution in [0.2, 0.25) is 0 Å². The number of amides is 2. The van der Waals surface area contributed by atoms with E-state index in [2.05, 4.69) is 11.5 Å². The molecule has 0 saturated heterocycles. The molecule has 2 amide bonds. The summed E-state index contributed by atoms with van der Waals surface area (Å²) in [4.78, 5) is 9.00. The van der Waals surface area contributed by atoms with Crippen molar-refractivity contribution in [1.82, 2.24) is 6.15 Å². The molecule has 0 fully saturated rings. The molecule has 40 valence electrons. The van der Waals surface area contributed by atoms with Gasteiger partial charge in [-0.05, 0) is 0 Å². The zero-order valence-electron chi connectivity index (χ0n) is 3.44. The Kier molecular flexibility index (Phi) is 26.1. The molecule has 4 nitrogen and oxygen atoms in total. The number of carbonyl (C=O) groups excluding carboxylic acids is 1. The van der Waals surface area contributed by atoms with Gasteiger partial charge in [-0.25, -0.2) is 4.79 Å². The molecule has 8 N–H and O–H groups in total. The zero-order valence-corrected chi connectivity index (χ0v) is 4.20. The molecular formula is CH8ClN3O. The van der Waals surface area contributed by atoms with Crippen LogP contribution in [0.1, 0.15) is 0 Å². The van der Waals surface area contributed by atoms with Gasteiger partial charge in [0, 0.05) is 0 Å². The Labute approximate surface area is 41.9 Å². The largest absolute Gasteiger partial charge is 1.00 e. The number of rotatable bonds is 0. The molecule has 0 atom stereocenters. The van der Waals surface area contributed by atoms with Crippen LogP contribution in [-0.4, -0.2) is 6.03 Å². The van der Waals surface area contributed by atoms with Gasteiger partial charge >= 0.3 is 6.03 Å². The molecule has 0 bridgehead atoms. The minimum atomic E-state index is -0.833. The molecule has 0 saturated carbocycles. The van der Waals surface area contributed by atoms with Crippen molar-refractivity contribution in [2.45, 2.75) is 0 Å². The maximum atomic E-state index is 9.00. The minimum Gasteiger partial charge on any atom is -1.00 e. The Hall–Kier alpha value is -0.480. The van der Waals surface area contributed by atoms with Crippen molar-refractivity contribution in [1.29, 1.82) is 0 Å². The Morgan fingerprint density at radius 1 is 1.33 bits per heavy atom. The van der Waals surface area contributed by atoms with Gasteiger partial charge in [-0.2, -0.15) is 0 Å². The Bertz CT molecular complexity index is 33.8. The molecule has 0 aromatic carbocycles. The summed E-state index contributed by atoms with van der Waals surface area (Å²) in [6.45, 7) is 0. The van der Waals surface area contributed by atoms with Crippen molar-refractivity contribution in [2.24, 2.45) is 11.5 Å². The molecule has 0 aromatic rings. The number of quaternary nitrogens is 1. The average Bonchev–Trinajstić information content (AvgIpc) is 0.811. The van der Waals surface area contributed by atoms with Gasteiger partial charge in [-0.1, -0.05) is 0 Å². The van der Waals surface area contributed by atoms with E-state index in [1.165, 1.54) is 0 Å². The van der Waals surface area contributed by atoms with Gasteiger partial charge in [0.1, 0.15) is 0 Å². The predicted octanol–water partition coefficient (Wildman–Crippen LogP) is -3.60. The molecule has 0 unspecified atom stereocenters. The van der Waals surface area contributed by atoms with E-state index in [0.29, 0.717) is 0 Å². The van der Waals surface area contributed by atoms with E-state index < -0.39 is 6.03 Å². The molecule has 0 heterocycles. The zero-order chi connectivity index (χ0) is 3.58. The summed E-state index contributed by atoms with van der Waals surface area (Å²) < 4.78 is 0. The first-order valence-electron chi connectivity index (χ1n) is 0.781. The third kappa shape index (κ3) is 97.0. The molecule has 0 radical (unpaired) electrons. The van der Waals surface area contributed by atoms with Gasteiger partial charge in [0.15, 0.2) is 0 Å². The summed E-state index contributed by atoms with van der Waals surface area (Å²) in [5, 5.41) is 0. The fraction of sp³-hybridized carbons (Fsp3) is 0. The van der Waals surface area contributed by atoms with E-state index in [4.69, 9.17) is 4.79 Å². The van der Waals surface area contributed by atoms with Gasteiger partial charge in [-0.3, -0.25) is 0 Å². The van der Waals surface area contributed by atoms with Crippen LogP contribution < -0.4 is 30.0 Å². The van der Waals surface area contributed by atoms with Crippen molar-refractivity contribution < 1.29 is 17.2 Å². The maximum Gasteiger partial charge on any atom is 0.309 e. The lowest BCUT2D eigenvalue weighted by Gasteiger charge is -1.62. The number of carbonyl (C=O) groups is 1. The summed E-state index contributed by atoms with van der Waals surface area (Å²) in [6.07, 6.45) is 0. The van der Waals surface area contributed by atoms with E-state index in [1.807, 2.05) is 0 Å². The molecule has 0 aromatic heterocycles. The van der Waals surface area contributed by atoms with Gasteiger partial charge < -0.3 is 30.0 Å². The lowest BCUT2D eigenvalue weighted by molar-refractivity contribution is -0.00000493. The summed E-state index contributed by atoms with van der Waals surface area (Å²) >= 11 is 0. The van der Waals surface area contributed by atoms with Crippen LogP contribution in [0.5, 0.6) is 0 Å². The highest BCUT2D eigenvalue weighted by atomic mass is 35.5. The second-order valence-electron chi connectivity index (χ2n) is 0.402. The van der Waals surface area contributed by atoms with Gasteiger partial charge in [0.2, 0.25) is 0 Å². The van der Waals surface area contributed by atoms with Crippen molar-refractivity contribution in [3.63, 3.8) is 0 Å². The lowest BCUT2D eigenvalue weighted by atomic mass is 11.2. The topological polar surface area (TPSA) is 106 Å². The SMILES string of the molecule is NC(N)=O.[Cl-].[NH4+]. The van der Waals surface area contributed by atoms with Gasteiger partial charge in [0.25, 0.3) is 0 Å². The summed E-state index contributed by atoms with van der Waals surface area (Å²) in [6, 6.07) is -0.833. The van der Waals surface area contributed by atoms with Crippen LogP contribution in [-0.2, 0) is 0 Å². The highest BCUT2D eigenvalue weighted by molar-refractivity contribution is 5.69. The Morgan fingerprint density at radius 3 is 1.33 bits per heavy atom. The second kappa shape index (κ2) is 8.82. The summed E-state index contributed by atoms with van der Waals surface area (Å²) in [5.41, 5.74) is 8.50. The summed E-state index contributed by atoms with van der Waals surface area (Å²) in [5.74, 6) is 0. The molecule has 0 aliphatic heterocycles. The van der Waals surface area contributed by atoms with E-state index in [-0.39, 0.29) is 18.6 Å². The van der Waals surface area contributed by atoms with Crippen molar-refractivity contribution in [3.8, 4) is 0 Å². The van der Waals surface area contributed by atoms with Crippen LogP contribution in [0.15, 0.2) is 0 Å². The van der Waals surface area contributed by atoms with Crippen LogP contribution in [0.4, 0.5) is 4.79 Å². The fourth-order valence-electron chi connectivity index (χ4n) is 0. The van der Waals surface area contributed by atoms with Crippen LogP contribution >= 0.6 is 0 Å². The molecule has 0 aliphatic rings. The second-order valence-corrected chi connectivity index (χ2v) is 0.402. The maximum absolute atomic E-state index is 9.00. The number of primary amides is 2. The van der Waals surface area contributed by atoms with E-state index in [0.717, 1.165) is 0 Å². The molecule has 0 rings (SSSR count). The van der Waals surface area contributed by atoms with E-state index in [9.17, 15) is 0 Å². The summed E-state index contributed by atoms with van der Waals surface area (Å²) in [7, 11) is 0. The smallest absolute Gasteiger partial charge is 0.309 e. The quantitative estimate of drug-likeness (QED) is 0.297. The van der Waals surface area contributed by atoms with Gasteiger partial charge in [-0.15, -0.1) is 0 Å². The van der Waals surface area contributed by atoms with Crippen LogP contribution in [0.3, 0.4) is 0 Å². The third-order valence-corrected chi connectivity index (χ3v) is 0. The third-order valence-electron chi connectivity index (χ3n) is 0. The Morgan fingerprint density at radius 2 is 1.33 bits per heavy atom. The first-order valence-corrected chi connectivity index (χ1v) is 0.781. The normalized spacial score (nSPS) is 4.00. The molecular weight excluding hydrogens is 105 g/mol. The molecule has 0 aliphatic carbocycles. The highest BCUT2D eigenvalue weighted by Crippen LogP contribution is 1.25. The monoisotopic (exact) mass is 113 g/mol. The standard InChI is InChI=1S/CH4N2O.ClH.H3N/c2-1(3)4;;/h(H4,2,3,4);1H;1H3. The first kappa shape index (κ1) is 17.8.